The molecule has 18 heavy (non-hydrogen) atoms. The quantitative estimate of drug-likeness (QED) is 0.863. The molecule has 1 aromatic heterocycles. The minimum absolute atomic E-state index is 0.126. The Morgan fingerprint density at radius 2 is 1.94 bits per heavy atom. The molecule has 1 heterocycles. The Labute approximate surface area is 102 Å². The molecule has 0 fully saturated rings. The number of anilines is 1. The second-order valence-corrected chi connectivity index (χ2v) is 3.56. The van der Waals surface area contributed by atoms with Gasteiger partial charge in [0.05, 0.1) is 5.69 Å². The van der Waals surface area contributed by atoms with E-state index in [9.17, 15) is 9.59 Å². The molecule has 0 atom stereocenters. The SMILES string of the molecule is Cc1nc(NC(=O)c2ccccc2)oc1C(=O)O. The molecule has 0 saturated carbocycles. The van der Waals surface area contributed by atoms with Gasteiger partial charge in [0.25, 0.3) is 5.91 Å². The van der Waals surface area contributed by atoms with Gasteiger partial charge < -0.3 is 9.52 Å². The summed E-state index contributed by atoms with van der Waals surface area (Å²) in [5.41, 5.74) is 0.649. The molecule has 0 unspecified atom stereocenters. The first-order valence-corrected chi connectivity index (χ1v) is 5.15. The Bertz CT molecular complexity index is 589. The number of rotatable bonds is 3. The van der Waals surface area contributed by atoms with Crippen molar-refractivity contribution < 1.29 is 19.1 Å². The van der Waals surface area contributed by atoms with Crippen molar-refractivity contribution in [3.05, 3.63) is 47.3 Å². The fraction of sp³-hybridized carbons (Fsp3) is 0.0833. The number of carboxylic acid groups (broad SMARTS) is 1. The number of carbonyl (C=O) groups is 2. The van der Waals surface area contributed by atoms with Crippen LogP contribution in [0.4, 0.5) is 6.01 Å². The first-order valence-electron chi connectivity index (χ1n) is 5.15. The summed E-state index contributed by atoms with van der Waals surface area (Å²) in [6.45, 7) is 1.49. The molecule has 0 aliphatic heterocycles. The predicted octanol–water partition coefficient (Wildman–Crippen LogP) is 1.93. The van der Waals surface area contributed by atoms with Crippen molar-refractivity contribution in [1.82, 2.24) is 4.98 Å². The Morgan fingerprint density at radius 3 is 2.50 bits per heavy atom. The number of amides is 1. The summed E-state index contributed by atoms with van der Waals surface area (Å²) in [5, 5.41) is 11.2. The van der Waals surface area contributed by atoms with Crippen LogP contribution in [0.15, 0.2) is 34.7 Å². The van der Waals surface area contributed by atoms with Crippen LogP contribution in [-0.2, 0) is 0 Å². The number of carbonyl (C=O) groups excluding carboxylic acids is 1. The fourth-order valence-electron chi connectivity index (χ4n) is 1.41. The Kier molecular flexibility index (Phi) is 3.09. The largest absolute Gasteiger partial charge is 0.475 e. The molecule has 1 aromatic carbocycles. The van der Waals surface area contributed by atoms with E-state index in [1.165, 1.54) is 6.92 Å². The zero-order valence-electron chi connectivity index (χ0n) is 9.51. The summed E-state index contributed by atoms with van der Waals surface area (Å²) in [5.74, 6) is -1.91. The van der Waals surface area contributed by atoms with Crippen molar-refractivity contribution in [3.8, 4) is 0 Å². The van der Waals surface area contributed by atoms with Gasteiger partial charge in [0.2, 0.25) is 5.76 Å². The molecule has 2 aromatic rings. The molecule has 6 heteroatoms. The van der Waals surface area contributed by atoms with Crippen LogP contribution in [0, 0.1) is 6.92 Å². The van der Waals surface area contributed by atoms with Crippen LogP contribution in [0.3, 0.4) is 0 Å². The van der Waals surface area contributed by atoms with Crippen molar-refractivity contribution >= 4 is 17.9 Å². The monoisotopic (exact) mass is 246 g/mol. The number of aryl methyl sites for hydroxylation is 1. The predicted molar refractivity (Wildman–Crippen MR) is 62.6 cm³/mol. The lowest BCUT2D eigenvalue weighted by molar-refractivity contribution is 0.0661. The van der Waals surface area contributed by atoms with Crippen LogP contribution in [-0.4, -0.2) is 22.0 Å². The smallest absolute Gasteiger partial charge is 0.373 e. The van der Waals surface area contributed by atoms with Crippen LogP contribution >= 0.6 is 0 Å². The average Bonchev–Trinajstić information content (AvgIpc) is 2.71. The zero-order chi connectivity index (χ0) is 13.1. The van der Waals surface area contributed by atoms with Gasteiger partial charge in [0.15, 0.2) is 0 Å². The highest BCUT2D eigenvalue weighted by Gasteiger charge is 2.17. The fourth-order valence-corrected chi connectivity index (χ4v) is 1.41. The number of aromatic carboxylic acids is 1. The van der Waals surface area contributed by atoms with Crippen LogP contribution in [0.2, 0.25) is 0 Å². The zero-order valence-corrected chi connectivity index (χ0v) is 9.51. The van der Waals surface area contributed by atoms with E-state index in [4.69, 9.17) is 9.52 Å². The third-order valence-corrected chi connectivity index (χ3v) is 2.25. The van der Waals surface area contributed by atoms with Gasteiger partial charge in [-0.3, -0.25) is 10.1 Å². The van der Waals surface area contributed by atoms with Crippen LogP contribution < -0.4 is 5.32 Å². The highest BCUT2D eigenvalue weighted by Crippen LogP contribution is 2.15. The molecular weight excluding hydrogens is 236 g/mol. The van der Waals surface area contributed by atoms with E-state index in [0.29, 0.717) is 5.56 Å². The summed E-state index contributed by atoms with van der Waals surface area (Å²) in [6, 6.07) is 8.36. The van der Waals surface area contributed by atoms with E-state index >= 15 is 0 Å². The molecule has 0 aliphatic carbocycles. The minimum Gasteiger partial charge on any atom is -0.475 e. The second-order valence-electron chi connectivity index (χ2n) is 3.56. The van der Waals surface area contributed by atoms with Crippen molar-refractivity contribution in [3.63, 3.8) is 0 Å². The molecule has 0 spiro atoms. The maximum absolute atomic E-state index is 11.7. The van der Waals surface area contributed by atoms with E-state index < -0.39 is 11.9 Å². The summed E-state index contributed by atoms with van der Waals surface area (Å²) < 4.78 is 4.93. The van der Waals surface area contributed by atoms with Crippen LogP contribution in [0.25, 0.3) is 0 Å². The van der Waals surface area contributed by atoms with Crippen molar-refractivity contribution in [2.45, 2.75) is 6.92 Å². The topological polar surface area (TPSA) is 92.4 Å². The number of hydrogen-bond donors (Lipinski definition) is 2. The lowest BCUT2D eigenvalue weighted by atomic mass is 10.2. The highest BCUT2D eigenvalue weighted by molar-refractivity contribution is 6.03. The molecule has 6 nitrogen and oxygen atoms in total. The second kappa shape index (κ2) is 4.70. The number of benzene rings is 1. The summed E-state index contributed by atoms with van der Waals surface area (Å²) in [7, 11) is 0. The Morgan fingerprint density at radius 1 is 1.28 bits per heavy atom. The van der Waals surface area contributed by atoms with Crippen LogP contribution in [0.1, 0.15) is 26.6 Å². The number of nitrogens with one attached hydrogen (secondary N) is 1. The maximum atomic E-state index is 11.7. The van der Waals surface area contributed by atoms with Crippen LogP contribution in [0.5, 0.6) is 0 Å². The lowest BCUT2D eigenvalue weighted by Crippen LogP contribution is -2.11. The number of hydrogen-bond acceptors (Lipinski definition) is 4. The standard InChI is InChI=1S/C12H10N2O4/c1-7-9(11(16)17)18-12(13-7)14-10(15)8-5-3-2-4-6-8/h2-6H,1H3,(H,16,17)(H,13,14,15). The molecule has 0 bridgehead atoms. The van der Waals surface area contributed by atoms with Gasteiger partial charge in [0, 0.05) is 5.56 Å². The first kappa shape index (κ1) is 11.8. The van der Waals surface area contributed by atoms with Crippen molar-refractivity contribution in [2.75, 3.05) is 5.32 Å². The van der Waals surface area contributed by atoms with E-state index in [0.717, 1.165) is 0 Å². The molecular formula is C12H10N2O4. The lowest BCUT2D eigenvalue weighted by Gasteiger charge is -1.99. The van der Waals surface area contributed by atoms with Gasteiger partial charge in [-0.25, -0.2) is 4.79 Å². The minimum atomic E-state index is -1.22. The van der Waals surface area contributed by atoms with Gasteiger partial charge in [-0.2, -0.15) is 4.98 Å². The third kappa shape index (κ3) is 2.37. The summed E-state index contributed by atoms with van der Waals surface area (Å²) in [4.78, 5) is 26.3. The molecule has 1 amide bonds. The van der Waals surface area contributed by atoms with Gasteiger partial charge in [-0.05, 0) is 19.1 Å². The van der Waals surface area contributed by atoms with E-state index in [-0.39, 0.29) is 17.5 Å². The van der Waals surface area contributed by atoms with Gasteiger partial charge in [-0.15, -0.1) is 0 Å². The summed E-state index contributed by atoms with van der Waals surface area (Å²) in [6.07, 6.45) is 0. The highest BCUT2D eigenvalue weighted by atomic mass is 16.4. The maximum Gasteiger partial charge on any atom is 0.373 e. The third-order valence-electron chi connectivity index (χ3n) is 2.25. The van der Waals surface area contributed by atoms with Gasteiger partial charge >= 0.3 is 12.0 Å². The van der Waals surface area contributed by atoms with E-state index in [1.54, 1.807) is 30.3 Å². The number of oxazole rings is 1. The number of nitrogens with zero attached hydrogens (tertiary/aromatic N) is 1. The van der Waals surface area contributed by atoms with E-state index in [2.05, 4.69) is 10.3 Å². The molecule has 0 aliphatic rings. The summed E-state index contributed by atoms with van der Waals surface area (Å²) >= 11 is 0. The first-order chi connectivity index (χ1) is 8.58. The van der Waals surface area contributed by atoms with Crippen molar-refractivity contribution in [2.24, 2.45) is 0 Å². The number of aromatic nitrogens is 1. The normalized spacial score (nSPS) is 10.1. The molecule has 2 rings (SSSR count). The average molecular weight is 246 g/mol. The molecule has 2 N–H and O–H groups in total. The Balaban J connectivity index is 2.18. The van der Waals surface area contributed by atoms with Crippen molar-refractivity contribution in [1.29, 1.82) is 0 Å². The molecule has 0 radical (unpaired) electrons. The van der Waals surface area contributed by atoms with Gasteiger partial charge in [-0.1, -0.05) is 18.2 Å². The molecule has 0 saturated heterocycles. The Hall–Kier alpha value is -2.63. The number of carboxylic acids is 1. The molecule has 92 valence electrons. The van der Waals surface area contributed by atoms with Gasteiger partial charge in [0.1, 0.15) is 0 Å². The van der Waals surface area contributed by atoms with E-state index in [1.807, 2.05) is 0 Å².